The molecule has 0 aliphatic carbocycles. The van der Waals surface area contributed by atoms with Gasteiger partial charge in [-0.2, -0.15) is 5.10 Å². The summed E-state index contributed by atoms with van der Waals surface area (Å²) in [5.74, 6) is 0. The van der Waals surface area contributed by atoms with Gasteiger partial charge in [-0.05, 0) is 36.4 Å². The van der Waals surface area contributed by atoms with Gasteiger partial charge in [0.1, 0.15) is 23.4 Å². The number of halogens is 1. The molecule has 0 fully saturated rings. The van der Waals surface area contributed by atoms with Crippen LogP contribution in [-0.2, 0) is 0 Å². The molecule has 8 heteroatoms. The maximum Gasteiger partial charge on any atom is 0.182 e. The predicted molar refractivity (Wildman–Crippen MR) is 99.9 cm³/mol. The summed E-state index contributed by atoms with van der Waals surface area (Å²) in [4.78, 5) is 9.21. The van der Waals surface area contributed by atoms with Crippen LogP contribution in [0.3, 0.4) is 0 Å². The maximum atomic E-state index is 10.4. The zero-order valence-electron chi connectivity index (χ0n) is 13.5. The second kappa shape index (κ2) is 6.73. The molecular formula is C18H15BrN4O3. The van der Waals surface area contributed by atoms with E-state index in [0.29, 0.717) is 22.2 Å². The smallest absolute Gasteiger partial charge is 0.182 e. The fourth-order valence-electron chi connectivity index (χ4n) is 2.76. The molecule has 2 atom stereocenters. The zero-order chi connectivity index (χ0) is 18.3. The Morgan fingerprint density at radius 2 is 1.62 bits per heavy atom. The number of nitrogens with zero attached hydrogens (tertiary/aromatic N) is 4. The summed E-state index contributed by atoms with van der Waals surface area (Å²) in [7, 11) is 0. The van der Waals surface area contributed by atoms with Gasteiger partial charge >= 0.3 is 0 Å². The lowest BCUT2D eigenvalue weighted by molar-refractivity contribution is -0.0168. The van der Waals surface area contributed by atoms with E-state index in [0.717, 1.165) is 10.2 Å². The van der Waals surface area contributed by atoms with Crippen molar-refractivity contribution in [1.29, 1.82) is 0 Å². The lowest BCUT2D eigenvalue weighted by Crippen LogP contribution is -2.22. The van der Waals surface area contributed by atoms with Gasteiger partial charge in [-0.3, -0.25) is 0 Å². The normalized spacial score (nSPS) is 14.0. The van der Waals surface area contributed by atoms with Crippen LogP contribution >= 0.6 is 15.9 Å². The van der Waals surface area contributed by atoms with E-state index in [4.69, 9.17) is 0 Å². The van der Waals surface area contributed by atoms with Gasteiger partial charge in [0.15, 0.2) is 5.65 Å². The molecule has 3 N–H and O–H groups in total. The number of para-hydroxylation sites is 2. The van der Waals surface area contributed by atoms with Crippen molar-refractivity contribution < 1.29 is 15.3 Å². The number of hydrogen-bond acceptors (Lipinski definition) is 6. The number of fused-ring (bicyclic) bond motifs is 2. The Morgan fingerprint density at radius 1 is 0.962 bits per heavy atom. The van der Waals surface area contributed by atoms with Crippen molar-refractivity contribution in [2.24, 2.45) is 0 Å². The highest BCUT2D eigenvalue weighted by molar-refractivity contribution is 9.10. The maximum absolute atomic E-state index is 10.4. The third kappa shape index (κ3) is 2.86. The molecule has 2 aromatic carbocycles. The standard InChI is InChI=1S/C18H15BrN4O3/c19-10-5-7-11(8-6-10)23-18-16(15(22-23)17(26)14(25)9-24)20-12-3-1-2-4-13(12)21-18/h1-8,14,17,24-26H,9H2. The largest absolute Gasteiger partial charge is 0.394 e. The molecule has 26 heavy (non-hydrogen) atoms. The van der Waals surface area contributed by atoms with Gasteiger partial charge < -0.3 is 15.3 Å². The predicted octanol–water partition coefficient (Wildman–Crippen LogP) is 2.12. The minimum atomic E-state index is -1.38. The molecule has 0 bridgehead atoms. The molecule has 0 aliphatic rings. The van der Waals surface area contributed by atoms with Crippen molar-refractivity contribution >= 4 is 38.1 Å². The van der Waals surface area contributed by atoms with Crippen LogP contribution in [0.15, 0.2) is 53.0 Å². The van der Waals surface area contributed by atoms with Crippen molar-refractivity contribution in [3.05, 3.63) is 58.7 Å². The summed E-state index contributed by atoms with van der Waals surface area (Å²) in [5, 5.41) is 33.9. The van der Waals surface area contributed by atoms with Crippen molar-refractivity contribution in [3.63, 3.8) is 0 Å². The molecule has 132 valence electrons. The number of aliphatic hydroxyl groups excluding tert-OH is 3. The second-order valence-electron chi connectivity index (χ2n) is 5.85. The third-order valence-electron chi connectivity index (χ3n) is 4.11. The number of rotatable bonds is 4. The van der Waals surface area contributed by atoms with E-state index in [1.54, 1.807) is 4.68 Å². The van der Waals surface area contributed by atoms with E-state index >= 15 is 0 Å². The molecule has 0 radical (unpaired) electrons. The molecule has 0 saturated carbocycles. The first-order valence-electron chi connectivity index (χ1n) is 7.97. The third-order valence-corrected chi connectivity index (χ3v) is 4.63. The first-order valence-corrected chi connectivity index (χ1v) is 8.76. The van der Waals surface area contributed by atoms with Crippen LogP contribution in [0, 0.1) is 0 Å². The van der Waals surface area contributed by atoms with Crippen molar-refractivity contribution in [3.8, 4) is 5.69 Å². The van der Waals surface area contributed by atoms with Crippen LogP contribution in [0.1, 0.15) is 11.8 Å². The summed E-state index contributed by atoms with van der Waals surface area (Å²) >= 11 is 3.40. The second-order valence-corrected chi connectivity index (χ2v) is 6.77. The quantitative estimate of drug-likeness (QED) is 0.472. The Balaban J connectivity index is 2.01. The van der Waals surface area contributed by atoms with Gasteiger partial charge in [-0.25, -0.2) is 14.6 Å². The van der Waals surface area contributed by atoms with Crippen LogP contribution < -0.4 is 0 Å². The average Bonchev–Trinajstić information content (AvgIpc) is 3.04. The topological polar surface area (TPSA) is 104 Å². The number of aromatic nitrogens is 4. The molecule has 2 aromatic heterocycles. The highest BCUT2D eigenvalue weighted by atomic mass is 79.9. The van der Waals surface area contributed by atoms with Crippen LogP contribution in [0.5, 0.6) is 0 Å². The molecule has 2 heterocycles. The van der Waals surface area contributed by atoms with E-state index in [9.17, 15) is 15.3 Å². The van der Waals surface area contributed by atoms with Crippen LogP contribution in [0.4, 0.5) is 0 Å². The number of benzene rings is 2. The summed E-state index contributed by atoms with van der Waals surface area (Å²) in [6.07, 6.45) is -2.74. The van der Waals surface area contributed by atoms with Gasteiger partial charge in [-0.15, -0.1) is 0 Å². The zero-order valence-corrected chi connectivity index (χ0v) is 15.1. The van der Waals surface area contributed by atoms with Gasteiger partial charge in [0, 0.05) is 4.47 Å². The van der Waals surface area contributed by atoms with Gasteiger partial charge in [0.25, 0.3) is 0 Å². The monoisotopic (exact) mass is 414 g/mol. The molecule has 0 saturated heterocycles. The molecule has 0 spiro atoms. The SMILES string of the molecule is OCC(O)C(O)c1nn(-c2ccc(Br)cc2)c2nc3ccccc3nc12. The minimum absolute atomic E-state index is 0.169. The Morgan fingerprint density at radius 3 is 2.27 bits per heavy atom. The molecule has 0 amide bonds. The Labute approximate surface area is 156 Å². The van der Waals surface area contributed by atoms with Gasteiger partial charge in [0.05, 0.1) is 23.3 Å². The number of aliphatic hydroxyl groups is 3. The van der Waals surface area contributed by atoms with E-state index in [2.05, 4.69) is 31.0 Å². The first-order chi connectivity index (χ1) is 12.6. The Hall–Kier alpha value is -2.39. The van der Waals surface area contributed by atoms with Crippen molar-refractivity contribution in [2.75, 3.05) is 6.61 Å². The number of hydrogen-bond donors (Lipinski definition) is 3. The molecule has 2 unspecified atom stereocenters. The summed E-state index contributed by atoms with van der Waals surface area (Å²) < 4.78 is 2.49. The highest BCUT2D eigenvalue weighted by Gasteiger charge is 2.26. The van der Waals surface area contributed by atoms with Crippen LogP contribution in [0.25, 0.3) is 27.9 Å². The van der Waals surface area contributed by atoms with E-state index < -0.39 is 18.8 Å². The molecule has 4 aromatic rings. The molecule has 7 nitrogen and oxygen atoms in total. The fourth-order valence-corrected chi connectivity index (χ4v) is 3.02. The van der Waals surface area contributed by atoms with Crippen molar-refractivity contribution in [1.82, 2.24) is 19.7 Å². The van der Waals surface area contributed by atoms with Crippen LogP contribution in [-0.4, -0.2) is 47.8 Å². The van der Waals surface area contributed by atoms with Crippen LogP contribution in [0.2, 0.25) is 0 Å². The van der Waals surface area contributed by atoms with E-state index in [-0.39, 0.29) is 5.69 Å². The Bertz CT molecular complexity index is 1080. The summed E-state index contributed by atoms with van der Waals surface area (Å²) in [5.41, 5.74) is 3.10. The Kier molecular flexibility index (Phi) is 4.41. The van der Waals surface area contributed by atoms with E-state index in [1.165, 1.54) is 0 Å². The molecular weight excluding hydrogens is 400 g/mol. The molecule has 4 rings (SSSR count). The average molecular weight is 415 g/mol. The van der Waals surface area contributed by atoms with E-state index in [1.807, 2.05) is 48.5 Å². The fraction of sp³-hybridized carbons (Fsp3) is 0.167. The summed E-state index contributed by atoms with van der Waals surface area (Å²) in [6, 6.07) is 14.8. The van der Waals surface area contributed by atoms with Crippen molar-refractivity contribution in [2.45, 2.75) is 12.2 Å². The summed E-state index contributed by atoms with van der Waals surface area (Å²) in [6.45, 7) is -0.588. The first kappa shape index (κ1) is 17.0. The minimum Gasteiger partial charge on any atom is -0.394 e. The molecule has 0 aliphatic heterocycles. The lowest BCUT2D eigenvalue weighted by atomic mass is 10.1. The lowest BCUT2D eigenvalue weighted by Gasteiger charge is -2.13. The van der Waals surface area contributed by atoms with Gasteiger partial charge in [0.2, 0.25) is 0 Å². The van der Waals surface area contributed by atoms with Gasteiger partial charge in [-0.1, -0.05) is 28.1 Å². The highest BCUT2D eigenvalue weighted by Crippen LogP contribution is 2.28.